The Bertz CT molecular complexity index is 812. The van der Waals surface area contributed by atoms with E-state index < -0.39 is 23.2 Å². The lowest BCUT2D eigenvalue weighted by molar-refractivity contribution is -0.137. The number of benzene rings is 2. The molecular weight excluding hydrogens is 351 g/mol. The first-order chi connectivity index (χ1) is 12.9. The summed E-state index contributed by atoms with van der Waals surface area (Å²) in [5, 5.41) is 5.00. The Labute approximate surface area is 157 Å². The number of anilines is 1. The smallest absolute Gasteiger partial charge is 0.313 e. The van der Waals surface area contributed by atoms with Crippen LogP contribution in [0.15, 0.2) is 48.5 Å². The van der Waals surface area contributed by atoms with E-state index in [1.54, 1.807) is 49.4 Å². The first-order valence-corrected chi connectivity index (χ1v) is 8.52. The highest BCUT2D eigenvalue weighted by Gasteiger charge is 2.30. The topological polar surface area (TPSA) is 76.7 Å². The van der Waals surface area contributed by atoms with Crippen LogP contribution < -0.4 is 15.4 Å². The molecule has 0 aliphatic carbocycles. The second kappa shape index (κ2) is 9.14. The van der Waals surface area contributed by atoms with E-state index in [0.29, 0.717) is 18.0 Å². The van der Waals surface area contributed by atoms with Crippen molar-refractivity contribution in [3.8, 4) is 5.75 Å². The number of para-hydroxylation sites is 2. The molecule has 2 rings (SSSR count). The monoisotopic (exact) mass is 374 g/mol. The third-order valence-corrected chi connectivity index (χ3v) is 4.12. The number of hydrogen-bond donors (Lipinski definition) is 2. The first kappa shape index (κ1) is 20.4. The van der Waals surface area contributed by atoms with Crippen LogP contribution in [0.1, 0.15) is 19.4 Å². The van der Waals surface area contributed by atoms with Gasteiger partial charge in [0, 0.05) is 12.7 Å². The number of hydrogen-bond acceptors (Lipinski definition) is 4. The van der Waals surface area contributed by atoms with Gasteiger partial charge in [-0.25, -0.2) is 4.39 Å². The lowest BCUT2D eigenvalue weighted by atomic mass is 9.95. The van der Waals surface area contributed by atoms with E-state index in [4.69, 9.17) is 9.47 Å². The number of carbonyl (C=O) groups excluding carboxylic acids is 2. The second-order valence-corrected chi connectivity index (χ2v) is 5.98. The van der Waals surface area contributed by atoms with E-state index in [2.05, 4.69) is 10.6 Å². The molecule has 0 heterocycles. The maximum absolute atomic E-state index is 14.1. The molecule has 0 saturated carbocycles. The second-order valence-electron chi connectivity index (χ2n) is 5.98. The maximum atomic E-state index is 14.1. The fraction of sp³-hybridized carbons (Fsp3) is 0.300. The lowest BCUT2D eigenvalue weighted by Crippen LogP contribution is -2.44. The molecule has 1 atom stereocenters. The molecule has 0 aliphatic rings. The van der Waals surface area contributed by atoms with Crippen LogP contribution in [0.2, 0.25) is 0 Å². The van der Waals surface area contributed by atoms with Crippen molar-refractivity contribution in [1.82, 2.24) is 5.32 Å². The van der Waals surface area contributed by atoms with Gasteiger partial charge in [0.05, 0.1) is 18.8 Å². The van der Waals surface area contributed by atoms with Crippen molar-refractivity contribution >= 4 is 17.5 Å². The molecule has 1 unspecified atom stereocenters. The molecule has 0 aromatic heterocycles. The fourth-order valence-corrected chi connectivity index (χ4v) is 2.53. The summed E-state index contributed by atoms with van der Waals surface area (Å²) in [6, 6.07) is 12.9. The number of nitrogens with one attached hydrogen (secondary N) is 2. The van der Waals surface area contributed by atoms with E-state index in [-0.39, 0.29) is 12.1 Å². The molecule has 2 N–H and O–H groups in total. The molecule has 0 saturated heterocycles. The molecule has 6 nitrogen and oxygen atoms in total. The van der Waals surface area contributed by atoms with Crippen LogP contribution in [0.3, 0.4) is 0 Å². The molecule has 0 spiro atoms. The van der Waals surface area contributed by atoms with Gasteiger partial charge < -0.3 is 20.1 Å². The number of halogens is 1. The van der Waals surface area contributed by atoms with Gasteiger partial charge in [-0.15, -0.1) is 0 Å². The van der Waals surface area contributed by atoms with Gasteiger partial charge in [-0.05, 0) is 32.0 Å². The molecule has 2 amide bonds. The van der Waals surface area contributed by atoms with Crippen LogP contribution in [-0.2, 0) is 19.9 Å². The quantitative estimate of drug-likeness (QED) is 0.731. The lowest BCUT2D eigenvalue weighted by Gasteiger charge is -2.29. The van der Waals surface area contributed by atoms with Crippen molar-refractivity contribution in [3.05, 3.63) is 59.9 Å². The van der Waals surface area contributed by atoms with Crippen molar-refractivity contribution in [2.75, 3.05) is 25.6 Å². The Kier molecular flexibility index (Phi) is 6.90. The predicted molar refractivity (Wildman–Crippen MR) is 100 cm³/mol. The summed E-state index contributed by atoms with van der Waals surface area (Å²) in [6.07, 6.45) is 0. The summed E-state index contributed by atoms with van der Waals surface area (Å²) >= 11 is 0. The number of rotatable bonds is 7. The van der Waals surface area contributed by atoms with E-state index in [9.17, 15) is 14.0 Å². The molecule has 27 heavy (non-hydrogen) atoms. The molecular formula is C20H23FN2O4. The minimum Gasteiger partial charge on any atom is -0.492 e. The maximum Gasteiger partial charge on any atom is 0.313 e. The molecule has 0 radical (unpaired) electrons. The Morgan fingerprint density at radius 2 is 1.74 bits per heavy atom. The minimum absolute atomic E-state index is 0.0796. The van der Waals surface area contributed by atoms with Crippen LogP contribution in [0.25, 0.3) is 0 Å². The highest BCUT2D eigenvalue weighted by molar-refractivity contribution is 6.39. The first-order valence-electron chi connectivity index (χ1n) is 8.52. The SMILES string of the molecule is CCOc1ccccc1NC(=O)C(=O)NCC(C)(OC)c1ccccc1F. The zero-order valence-electron chi connectivity index (χ0n) is 15.5. The Morgan fingerprint density at radius 1 is 1.07 bits per heavy atom. The summed E-state index contributed by atoms with van der Waals surface area (Å²) in [4.78, 5) is 24.4. The normalized spacial score (nSPS) is 12.7. The Morgan fingerprint density at radius 3 is 2.41 bits per heavy atom. The predicted octanol–water partition coefficient (Wildman–Crippen LogP) is 2.84. The van der Waals surface area contributed by atoms with Crippen LogP contribution >= 0.6 is 0 Å². The number of ether oxygens (including phenoxy) is 2. The molecule has 2 aromatic carbocycles. The third kappa shape index (κ3) is 5.04. The largest absolute Gasteiger partial charge is 0.492 e. The third-order valence-electron chi connectivity index (χ3n) is 4.12. The highest BCUT2D eigenvalue weighted by Crippen LogP contribution is 2.26. The van der Waals surface area contributed by atoms with E-state index in [1.807, 2.05) is 6.92 Å². The summed E-state index contributed by atoms with van der Waals surface area (Å²) in [5.74, 6) is -1.70. The van der Waals surface area contributed by atoms with Crippen molar-refractivity contribution in [2.24, 2.45) is 0 Å². The van der Waals surface area contributed by atoms with Gasteiger partial charge in [0.15, 0.2) is 0 Å². The minimum atomic E-state index is -1.12. The van der Waals surface area contributed by atoms with Gasteiger partial charge in [0.2, 0.25) is 0 Å². The number of methoxy groups -OCH3 is 1. The standard InChI is InChI=1S/C20H23FN2O4/c1-4-27-17-12-8-7-11-16(17)23-19(25)18(24)22-13-20(2,26-3)14-9-5-6-10-15(14)21/h5-12H,4,13H2,1-3H3,(H,22,24)(H,23,25). The van der Waals surface area contributed by atoms with Gasteiger partial charge in [0.1, 0.15) is 17.2 Å². The number of carbonyl (C=O) groups is 2. The van der Waals surface area contributed by atoms with Crippen molar-refractivity contribution in [2.45, 2.75) is 19.4 Å². The van der Waals surface area contributed by atoms with Gasteiger partial charge in [-0.3, -0.25) is 9.59 Å². The number of amides is 2. The molecule has 0 fully saturated rings. The van der Waals surface area contributed by atoms with Crippen LogP contribution in [-0.4, -0.2) is 32.1 Å². The Balaban J connectivity index is 2.04. The molecule has 0 aliphatic heterocycles. The van der Waals surface area contributed by atoms with Crippen LogP contribution in [0, 0.1) is 5.82 Å². The van der Waals surface area contributed by atoms with Crippen LogP contribution in [0.4, 0.5) is 10.1 Å². The average Bonchev–Trinajstić information content (AvgIpc) is 2.68. The van der Waals surface area contributed by atoms with E-state index >= 15 is 0 Å². The molecule has 144 valence electrons. The summed E-state index contributed by atoms with van der Waals surface area (Å²) in [6.45, 7) is 3.80. The molecule has 0 bridgehead atoms. The van der Waals surface area contributed by atoms with E-state index in [1.165, 1.54) is 13.2 Å². The zero-order valence-corrected chi connectivity index (χ0v) is 15.5. The van der Waals surface area contributed by atoms with Gasteiger partial charge in [0.25, 0.3) is 0 Å². The van der Waals surface area contributed by atoms with Crippen molar-refractivity contribution in [3.63, 3.8) is 0 Å². The zero-order chi connectivity index (χ0) is 19.9. The average molecular weight is 374 g/mol. The van der Waals surface area contributed by atoms with Crippen molar-refractivity contribution < 1.29 is 23.5 Å². The van der Waals surface area contributed by atoms with E-state index in [0.717, 1.165) is 0 Å². The Hall–Kier alpha value is -2.93. The summed E-state index contributed by atoms with van der Waals surface area (Å²) in [5.41, 5.74) is -0.442. The molecule has 7 heteroatoms. The molecule has 2 aromatic rings. The van der Waals surface area contributed by atoms with Gasteiger partial charge in [-0.1, -0.05) is 30.3 Å². The summed E-state index contributed by atoms with van der Waals surface area (Å²) < 4.78 is 24.9. The van der Waals surface area contributed by atoms with Gasteiger partial charge >= 0.3 is 11.8 Å². The highest BCUT2D eigenvalue weighted by atomic mass is 19.1. The fourth-order valence-electron chi connectivity index (χ4n) is 2.53. The van der Waals surface area contributed by atoms with Crippen molar-refractivity contribution in [1.29, 1.82) is 0 Å². The van der Waals surface area contributed by atoms with Crippen LogP contribution in [0.5, 0.6) is 5.75 Å². The summed E-state index contributed by atoms with van der Waals surface area (Å²) in [7, 11) is 1.41. The van der Waals surface area contributed by atoms with Gasteiger partial charge in [-0.2, -0.15) is 0 Å².